The maximum Gasteiger partial charge on any atom is 0.301 e. The Kier molecular flexibility index (Phi) is 9.42. The summed E-state index contributed by atoms with van der Waals surface area (Å²) in [5, 5.41) is 13.4. The van der Waals surface area contributed by atoms with E-state index in [2.05, 4.69) is 30.8 Å². The molecule has 2 saturated heterocycles. The lowest BCUT2D eigenvalue weighted by Crippen LogP contribution is -2.54. The van der Waals surface area contributed by atoms with Crippen molar-refractivity contribution >= 4 is 23.5 Å². The van der Waals surface area contributed by atoms with Gasteiger partial charge in [0.15, 0.2) is 23.7 Å². The number of rotatable bonds is 6. The zero-order valence-electron chi connectivity index (χ0n) is 30.8. The summed E-state index contributed by atoms with van der Waals surface area (Å²) >= 11 is 0. The van der Waals surface area contributed by atoms with E-state index in [1.807, 2.05) is 27.7 Å². The van der Waals surface area contributed by atoms with E-state index in [9.17, 15) is 27.2 Å². The van der Waals surface area contributed by atoms with Crippen LogP contribution in [0.5, 0.6) is 11.5 Å². The molecule has 2 fully saturated rings. The number of hydrogen-bond donors (Lipinski definition) is 2. The number of carbonyl (C=O) groups excluding carboxylic acids is 2. The lowest BCUT2D eigenvalue weighted by atomic mass is 10.00. The number of carbonyl (C=O) groups is 2. The fraction of sp³-hybridized carbons (Fsp3) is 0.500. The number of halogens is 4. The first kappa shape index (κ1) is 36.9. The molecule has 0 bridgehead atoms. The van der Waals surface area contributed by atoms with Crippen molar-refractivity contribution in [3.63, 3.8) is 0 Å². The molecule has 288 valence electrons. The highest BCUT2D eigenvalue weighted by molar-refractivity contribution is 6.00. The van der Waals surface area contributed by atoms with Crippen molar-refractivity contribution in [1.29, 1.82) is 0 Å². The second-order valence-electron chi connectivity index (χ2n) is 14.2. The number of fused-ring (bicyclic) bond motifs is 2. The van der Waals surface area contributed by atoms with Crippen LogP contribution in [0.4, 0.5) is 29.2 Å². The number of piperidine rings is 2. The van der Waals surface area contributed by atoms with Crippen molar-refractivity contribution < 1.29 is 36.6 Å². The molecule has 4 aliphatic heterocycles. The summed E-state index contributed by atoms with van der Waals surface area (Å²) in [5.41, 5.74) is 5.48. The zero-order valence-corrected chi connectivity index (χ0v) is 30.8. The molecule has 2 atom stereocenters. The lowest BCUT2D eigenvalue weighted by molar-refractivity contribution is -0.102. The van der Waals surface area contributed by atoms with Crippen LogP contribution in [-0.4, -0.2) is 91.6 Å². The Bertz CT molecular complexity index is 1970. The fourth-order valence-corrected chi connectivity index (χ4v) is 7.40. The topological polar surface area (TPSA) is 145 Å². The normalized spacial score (nSPS) is 21.1. The molecule has 4 aromatic rings. The molecule has 8 heterocycles. The van der Waals surface area contributed by atoms with Crippen molar-refractivity contribution in [2.45, 2.75) is 77.7 Å². The molecule has 0 radical (unpaired) electrons. The van der Waals surface area contributed by atoms with E-state index in [0.29, 0.717) is 71.8 Å². The van der Waals surface area contributed by atoms with Gasteiger partial charge in [0.2, 0.25) is 0 Å². The largest absolute Gasteiger partial charge is 0.481 e. The molecule has 4 aromatic heterocycles. The van der Waals surface area contributed by atoms with Crippen LogP contribution < -0.4 is 29.9 Å². The van der Waals surface area contributed by atoms with Crippen LogP contribution in [-0.2, 0) is 27.2 Å². The lowest BCUT2D eigenvalue weighted by Gasteiger charge is -2.39. The van der Waals surface area contributed by atoms with Crippen LogP contribution in [0.25, 0.3) is 0 Å². The van der Waals surface area contributed by atoms with Gasteiger partial charge in [-0.1, -0.05) is 0 Å². The summed E-state index contributed by atoms with van der Waals surface area (Å²) in [6.45, 7) is 7.80. The number of hydrogen-bond acceptors (Lipinski definition) is 10. The number of nitrogens with zero attached hydrogens (tertiary/aromatic N) is 8. The molecule has 0 aliphatic carbocycles. The molecule has 0 aromatic carbocycles. The molecule has 14 nitrogen and oxygen atoms in total. The Morgan fingerprint density at radius 1 is 0.667 bits per heavy atom. The van der Waals surface area contributed by atoms with Gasteiger partial charge in [-0.05, 0) is 49.9 Å². The van der Waals surface area contributed by atoms with E-state index in [4.69, 9.17) is 9.47 Å². The van der Waals surface area contributed by atoms with Gasteiger partial charge in [0.25, 0.3) is 11.8 Å². The van der Waals surface area contributed by atoms with E-state index < -0.39 is 37.1 Å². The van der Waals surface area contributed by atoms with Crippen LogP contribution >= 0.6 is 0 Å². The smallest absolute Gasteiger partial charge is 0.301 e. The second-order valence-corrected chi connectivity index (χ2v) is 14.2. The van der Waals surface area contributed by atoms with Gasteiger partial charge < -0.3 is 29.9 Å². The molecule has 4 aliphatic rings. The number of pyridine rings is 2. The first-order chi connectivity index (χ1) is 25.5. The van der Waals surface area contributed by atoms with Crippen LogP contribution in [0.1, 0.15) is 67.2 Å². The third-order valence-corrected chi connectivity index (χ3v) is 10.5. The van der Waals surface area contributed by atoms with Crippen molar-refractivity contribution in [2.75, 3.05) is 36.0 Å². The van der Waals surface area contributed by atoms with Gasteiger partial charge in [0.1, 0.15) is 11.6 Å². The zero-order chi connectivity index (χ0) is 38.7. The first-order valence-electron chi connectivity index (χ1n) is 17.6. The number of nitrogens with one attached hydrogen (secondary N) is 2. The van der Waals surface area contributed by atoms with Gasteiger partial charge in [-0.2, -0.15) is 10.2 Å². The molecule has 0 unspecified atom stereocenters. The minimum atomic E-state index is -3.04. The summed E-state index contributed by atoms with van der Waals surface area (Å²) in [4.78, 5) is 36.1. The Morgan fingerprint density at radius 3 is 1.39 bits per heavy atom. The van der Waals surface area contributed by atoms with Crippen molar-refractivity contribution in [3.8, 4) is 11.5 Å². The molecule has 8 rings (SSSR count). The number of aryl methyl sites for hydroxylation is 2. The van der Waals surface area contributed by atoms with E-state index >= 15 is 0 Å². The van der Waals surface area contributed by atoms with Gasteiger partial charge in [-0.25, -0.2) is 27.5 Å². The van der Waals surface area contributed by atoms with Crippen molar-refractivity contribution in [2.24, 2.45) is 14.1 Å². The Hall–Kier alpha value is -5.42. The highest BCUT2D eigenvalue weighted by Gasteiger charge is 2.49. The highest BCUT2D eigenvalue weighted by Crippen LogP contribution is 2.37. The standard InChI is InChI=1S/2C18H21F2N5O2/c2*1-10-11(2)16(23-13-7-21-17(26)15(10)13)25-5-4-14(18(19,20)9-25)27-12-6-22-24(3)8-12/h2*6,8,14H,4-5,7,9H2,1-3H3,(H,21,26)/t2*14-/m10/s1. The molecule has 0 spiro atoms. The SMILES string of the molecule is Cc1c(N2CC[C@@H](Oc3cnn(C)c3)C(F)(F)C2)nc2c(c1C)C(=O)NC2.Cc1c(N2CC[C@H](Oc3cnn(C)c3)C(F)(F)C2)nc2c(c1C)C(=O)NC2. The predicted molar refractivity (Wildman–Crippen MR) is 189 cm³/mol. The number of amides is 2. The minimum absolute atomic E-state index is 0.154. The summed E-state index contributed by atoms with van der Waals surface area (Å²) in [6, 6.07) is 0. The number of anilines is 2. The van der Waals surface area contributed by atoms with Crippen LogP contribution in [0.2, 0.25) is 0 Å². The Morgan fingerprint density at radius 2 is 1.06 bits per heavy atom. The van der Waals surface area contributed by atoms with E-state index in [1.165, 1.54) is 21.8 Å². The van der Waals surface area contributed by atoms with E-state index in [1.54, 1.807) is 36.3 Å². The highest BCUT2D eigenvalue weighted by atomic mass is 19.3. The summed E-state index contributed by atoms with van der Waals surface area (Å²) in [5.74, 6) is -4.68. The van der Waals surface area contributed by atoms with Gasteiger partial charge in [0, 0.05) is 40.0 Å². The fourth-order valence-electron chi connectivity index (χ4n) is 7.40. The monoisotopic (exact) mass is 754 g/mol. The molecular weight excluding hydrogens is 712 g/mol. The molecule has 54 heavy (non-hydrogen) atoms. The van der Waals surface area contributed by atoms with Crippen molar-refractivity contribution in [3.05, 3.63) is 69.6 Å². The van der Waals surface area contributed by atoms with E-state index in [-0.39, 0.29) is 24.7 Å². The molecular formula is C36H42F4N10O4. The predicted octanol–water partition coefficient (Wildman–Crippen LogP) is 3.94. The Labute approximate surface area is 308 Å². The quantitative estimate of drug-likeness (QED) is 0.278. The first-order valence-corrected chi connectivity index (χ1v) is 17.6. The van der Waals surface area contributed by atoms with Gasteiger partial charge in [0.05, 0.1) is 73.5 Å². The third-order valence-electron chi connectivity index (χ3n) is 10.5. The molecule has 2 N–H and O–H groups in total. The second kappa shape index (κ2) is 13.8. The van der Waals surface area contributed by atoms with Crippen LogP contribution in [0.3, 0.4) is 0 Å². The average Bonchev–Trinajstić information content (AvgIpc) is 3.90. The number of aromatic nitrogens is 6. The van der Waals surface area contributed by atoms with Crippen molar-refractivity contribution in [1.82, 2.24) is 40.2 Å². The maximum absolute atomic E-state index is 14.8. The molecule has 18 heteroatoms. The number of alkyl halides is 4. The van der Waals surface area contributed by atoms with Gasteiger partial charge in [-0.15, -0.1) is 0 Å². The van der Waals surface area contributed by atoms with Gasteiger partial charge in [-0.3, -0.25) is 19.0 Å². The summed E-state index contributed by atoms with van der Waals surface area (Å²) in [6.07, 6.45) is 3.91. The van der Waals surface area contributed by atoms with Gasteiger partial charge >= 0.3 is 11.8 Å². The van der Waals surface area contributed by atoms with Crippen LogP contribution in [0.15, 0.2) is 24.8 Å². The number of ether oxygens (including phenoxy) is 2. The summed E-state index contributed by atoms with van der Waals surface area (Å²) < 4.78 is 73.1. The summed E-state index contributed by atoms with van der Waals surface area (Å²) in [7, 11) is 3.41. The average molecular weight is 755 g/mol. The minimum Gasteiger partial charge on any atom is -0.481 e. The maximum atomic E-state index is 14.8. The Balaban J connectivity index is 0.000000167. The molecule has 2 amide bonds. The van der Waals surface area contributed by atoms with E-state index in [0.717, 1.165) is 22.3 Å². The molecule has 0 saturated carbocycles. The third kappa shape index (κ3) is 6.88. The van der Waals surface area contributed by atoms with Crippen LogP contribution in [0, 0.1) is 27.7 Å².